The van der Waals surface area contributed by atoms with E-state index in [0.717, 1.165) is 27.7 Å². The summed E-state index contributed by atoms with van der Waals surface area (Å²) in [6.45, 7) is 6.51. The van der Waals surface area contributed by atoms with Crippen LogP contribution in [0, 0.1) is 6.92 Å². The van der Waals surface area contributed by atoms with Crippen LogP contribution in [-0.2, 0) is 17.1 Å². The number of thioether (sulfide) groups is 2. The molecule has 0 fully saturated rings. The van der Waals surface area contributed by atoms with Crippen molar-refractivity contribution in [2.45, 2.75) is 29.7 Å². The Morgan fingerprint density at radius 1 is 1.21 bits per heavy atom. The fourth-order valence-corrected chi connectivity index (χ4v) is 5.55. The summed E-state index contributed by atoms with van der Waals surface area (Å²) >= 11 is 3.35. The number of aromatic nitrogens is 2. The highest BCUT2D eigenvalue weighted by Gasteiger charge is 2.16. The lowest BCUT2D eigenvalue weighted by Crippen LogP contribution is -2.00. The molecule has 28 heavy (non-hydrogen) atoms. The summed E-state index contributed by atoms with van der Waals surface area (Å²) in [5, 5.41) is 0.952. The van der Waals surface area contributed by atoms with Crippen LogP contribution < -0.4 is 0 Å². The van der Waals surface area contributed by atoms with Gasteiger partial charge in [-0.05, 0) is 54.5 Å². The second kappa shape index (κ2) is 9.67. The Balaban J connectivity index is 1.91. The average Bonchev–Trinajstić information content (AvgIpc) is 3.02. The van der Waals surface area contributed by atoms with Crippen LogP contribution in [-0.4, -0.2) is 35.6 Å². The molecule has 2 heterocycles. The molecule has 0 unspecified atom stereocenters. The molecule has 0 aliphatic rings. The monoisotopic (exact) mass is 432 g/mol. The maximum absolute atomic E-state index is 10.8. The molecule has 3 rings (SSSR count). The summed E-state index contributed by atoms with van der Waals surface area (Å²) in [5.74, 6) is 0.950. The highest BCUT2D eigenvalue weighted by atomic mass is 32.2. The maximum atomic E-state index is 10.8. The minimum Gasteiger partial charge on any atom is -0.303 e. The first kappa shape index (κ1) is 21.0. The Kier molecular flexibility index (Phi) is 7.26. The SMILES string of the molecule is C=C(Cc1c(SCCC[SH](=O)=O)nc2ccccn12)c1c(C)cccc1SC. The number of benzene rings is 1. The van der Waals surface area contributed by atoms with Crippen LogP contribution >= 0.6 is 23.5 Å². The number of nitrogens with zero attached hydrogens (tertiary/aromatic N) is 2. The molecule has 0 saturated carbocycles. The summed E-state index contributed by atoms with van der Waals surface area (Å²) in [6, 6.07) is 12.3. The predicted octanol–water partition coefficient (Wildman–Crippen LogP) is 4.71. The molecule has 0 bridgehead atoms. The van der Waals surface area contributed by atoms with Crippen molar-refractivity contribution in [3.63, 3.8) is 0 Å². The van der Waals surface area contributed by atoms with Crippen molar-refractivity contribution >= 4 is 45.4 Å². The molecule has 4 nitrogen and oxygen atoms in total. The van der Waals surface area contributed by atoms with Crippen LogP contribution in [0.2, 0.25) is 0 Å². The Hall–Kier alpha value is -1.70. The molecule has 0 aliphatic heterocycles. The van der Waals surface area contributed by atoms with Gasteiger partial charge in [0.1, 0.15) is 21.4 Å². The summed E-state index contributed by atoms with van der Waals surface area (Å²) in [5.41, 5.74) is 5.50. The van der Waals surface area contributed by atoms with Crippen LogP contribution in [0.3, 0.4) is 0 Å². The molecule has 0 radical (unpaired) electrons. The number of fused-ring (bicyclic) bond motifs is 1. The molecule has 148 valence electrons. The zero-order valence-corrected chi connectivity index (χ0v) is 18.6. The quantitative estimate of drug-likeness (QED) is 0.301. The van der Waals surface area contributed by atoms with E-state index in [1.54, 1.807) is 23.5 Å². The number of rotatable bonds is 9. The number of imidazole rings is 1. The van der Waals surface area contributed by atoms with Gasteiger partial charge in [-0.3, -0.25) is 0 Å². The van der Waals surface area contributed by atoms with Gasteiger partial charge in [0.15, 0.2) is 0 Å². The highest BCUT2D eigenvalue weighted by Crippen LogP contribution is 2.33. The number of hydrogen-bond acceptors (Lipinski definition) is 5. The number of aryl methyl sites for hydroxylation is 1. The normalized spacial score (nSPS) is 11.4. The second-order valence-corrected chi connectivity index (χ2v) is 9.53. The third-order valence-corrected chi connectivity index (χ3v) is 7.06. The summed E-state index contributed by atoms with van der Waals surface area (Å²) < 4.78 is 23.7. The Morgan fingerprint density at radius 2 is 2.04 bits per heavy atom. The molecule has 2 aromatic heterocycles. The molecule has 0 aliphatic carbocycles. The Bertz CT molecular complexity index is 1060. The number of hydrogen-bond donors (Lipinski definition) is 1. The molecular formula is C21H24N2O2S3. The van der Waals surface area contributed by atoms with Gasteiger partial charge in [-0.1, -0.05) is 24.8 Å². The van der Waals surface area contributed by atoms with E-state index in [-0.39, 0.29) is 5.75 Å². The van der Waals surface area contributed by atoms with E-state index in [4.69, 9.17) is 4.98 Å². The van der Waals surface area contributed by atoms with Crippen molar-refractivity contribution in [3.8, 4) is 0 Å². The fraction of sp³-hybridized carbons (Fsp3) is 0.286. The molecular weight excluding hydrogens is 408 g/mol. The molecule has 0 atom stereocenters. The van der Waals surface area contributed by atoms with Gasteiger partial charge in [-0.2, -0.15) is 0 Å². The minimum absolute atomic E-state index is 0.220. The molecule has 0 N–H and O–H groups in total. The summed E-state index contributed by atoms with van der Waals surface area (Å²) in [4.78, 5) is 6.00. The van der Waals surface area contributed by atoms with Gasteiger partial charge in [-0.25, -0.2) is 13.4 Å². The van der Waals surface area contributed by atoms with Gasteiger partial charge in [0.05, 0.1) is 5.69 Å². The number of pyridine rings is 1. The van der Waals surface area contributed by atoms with E-state index in [1.165, 1.54) is 16.0 Å². The van der Waals surface area contributed by atoms with Gasteiger partial charge in [-0.15, -0.1) is 23.5 Å². The lowest BCUT2D eigenvalue weighted by atomic mass is 9.98. The second-order valence-electron chi connectivity index (χ2n) is 6.48. The Morgan fingerprint density at radius 3 is 2.79 bits per heavy atom. The van der Waals surface area contributed by atoms with Crippen molar-refractivity contribution in [1.29, 1.82) is 0 Å². The van der Waals surface area contributed by atoms with Crippen LogP contribution in [0.15, 0.2) is 59.1 Å². The summed E-state index contributed by atoms with van der Waals surface area (Å²) in [6.07, 6.45) is 5.44. The standard InChI is InChI=1S/C21H24N2O2S3/c1-15-8-6-9-18(26-3)20(15)16(2)14-17-21(27-12-7-13-28(24)25)22-19-10-4-5-11-23(17)19/h4-6,8-11,28H,2,7,12-14H2,1,3H3. The van der Waals surface area contributed by atoms with E-state index in [9.17, 15) is 8.42 Å². The molecule has 0 spiro atoms. The van der Waals surface area contributed by atoms with E-state index in [1.807, 2.05) is 24.4 Å². The van der Waals surface area contributed by atoms with Gasteiger partial charge in [0, 0.05) is 29.0 Å². The van der Waals surface area contributed by atoms with Gasteiger partial charge < -0.3 is 4.40 Å². The van der Waals surface area contributed by atoms with Crippen molar-refractivity contribution < 1.29 is 8.42 Å². The molecule has 1 aromatic carbocycles. The third kappa shape index (κ3) is 4.82. The molecule has 0 amide bonds. The first-order chi connectivity index (χ1) is 13.5. The third-order valence-electron chi connectivity index (χ3n) is 4.50. The van der Waals surface area contributed by atoms with E-state index >= 15 is 0 Å². The zero-order valence-electron chi connectivity index (χ0n) is 16.1. The first-order valence-corrected chi connectivity index (χ1v) is 12.6. The van der Waals surface area contributed by atoms with Gasteiger partial charge in [0.25, 0.3) is 0 Å². The molecule has 0 saturated heterocycles. The van der Waals surface area contributed by atoms with E-state index in [2.05, 4.69) is 42.4 Å². The van der Waals surface area contributed by atoms with Crippen molar-refractivity contribution in [3.05, 3.63) is 66.0 Å². The van der Waals surface area contributed by atoms with Gasteiger partial charge >= 0.3 is 0 Å². The fourth-order valence-electron chi connectivity index (χ4n) is 3.22. The average molecular weight is 433 g/mol. The maximum Gasteiger partial charge on any atom is 0.140 e. The number of thiol groups is 1. The molecule has 3 aromatic rings. The van der Waals surface area contributed by atoms with Gasteiger partial charge in [0.2, 0.25) is 0 Å². The van der Waals surface area contributed by atoms with Crippen LogP contribution in [0.5, 0.6) is 0 Å². The van der Waals surface area contributed by atoms with Crippen LogP contribution in [0.4, 0.5) is 0 Å². The van der Waals surface area contributed by atoms with Crippen LogP contribution in [0.1, 0.15) is 23.2 Å². The zero-order chi connectivity index (χ0) is 20.1. The smallest absolute Gasteiger partial charge is 0.140 e. The molecule has 7 heteroatoms. The lowest BCUT2D eigenvalue weighted by molar-refractivity contribution is 0.613. The number of allylic oxidation sites excluding steroid dienone is 1. The highest BCUT2D eigenvalue weighted by molar-refractivity contribution is 7.99. The lowest BCUT2D eigenvalue weighted by Gasteiger charge is -2.14. The van der Waals surface area contributed by atoms with Crippen molar-refractivity contribution in [1.82, 2.24) is 9.38 Å². The predicted molar refractivity (Wildman–Crippen MR) is 121 cm³/mol. The van der Waals surface area contributed by atoms with Crippen molar-refractivity contribution in [2.75, 3.05) is 17.8 Å². The van der Waals surface area contributed by atoms with Crippen LogP contribution in [0.25, 0.3) is 11.2 Å². The van der Waals surface area contributed by atoms with E-state index < -0.39 is 10.7 Å². The van der Waals surface area contributed by atoms with E-state index in [0.29, 0.717) is 12.8 Å². The summed E-state index contributed by atoms with van der Waals surface area (Å²) in [7, 11) is -2.32. The first-order valence-electron chi connectivity index (χ1n) is 9.03. The Labute approximate surface area is 176 Å². The topological polar surface area (TPSA) is 51.4 Å². The largest absolute Gasteiger partial charge is 0.303 e. The minimum atomic E-state index is -2.32. The van der Waals surface area contributed by atoms with Crippen molar-refractivity contribution in [2.24, 2.45) is 0 Å².